The van der Waals surface area contributed by atoms with Crippen molar-refractivity contribution in [2.75, 3.05) is 33.7 Å². The highest BCUT2D eigenvalue weighted by molar-refractivity contribution is 5.92. The highest BCUT2D eigenvalue weighted by atomic mass is 35.5. The molecule has 6 nitrogen and oxygen atoms in total. The number of amides is 1. The lowest BCUT2D eigenvalue weighted by molar-refractivity contribution is 0.0932. The van der Waals surface area contributed by atoms with Gasteiger partial charge in [-0.1, -0.05) is 13.8 Å². The van der Waals surface area contributed by atoms with Crippen LogP contribution in [-0.2, 0) is 0 Å². The summed E-state index contributed by atoms with van der Waals surface area (Å²) in [5.41, 5.74) is 0.512. The van der Waals surface area contributed by atoms with E-state index in [1.165, 1.54) is 0 Å². The highest BCUT2D eigenvalue weighted by Crippen LogP contribution is 2.15. The fourth-order valence-corrected chi connectivity index (χ4v) is 3.04. The smallest absolute Gasteiger partial charge is 0.271 e. The Morgan fingerprint density at radius 3 is 2.72 bits per heavy atom. The maximum atomic E-state index is 12.3. The topological polar surface area (TPSA) is 62.2 Å². The van der Waals surface area contributed by atoms with Gasteiger partial charge in [0, 0.05) is 25.3 Å². The molecule has 2 rings (SSSR count). The SMILES string of the molecule is CC(C)CC(CNC(=O)c1ccn(C2CCCNC2)n1)N(C)C.Cl.Cl. The summed E-state index contributed by atoms with van der Waals surface area (Å²) in [6.45, 7) is 7.07. The van der Waals surface area contributed by atoms with Crippen LogP contribution in [0.4, 0.5) is 0 Å². The minimum absolute atomic E-state index is 0. The van der Waals surface area contributed by atoms with Crippen molar-refractivity contribution in [2.24, 2.45) is 5.92 Å². The Hall–Kier alpha value is -0.820. The zero-order valence-electron chi connectivity index (χ0n) is 15.7. The van der Waals surface area contributed by atoms with Gasteiger partial charge in [0.2, 0.25) is 0 Å². The molecule has 0 saturated carbocycles. The Kier molecular flexibility index (Phi) is 11.3. The van der Waals surface area contributed by atoms with Gasteiger partial charge in [0.15, 0.2) is 0 Å². The molecule has 1 aromatic rings. The van der Waals surface area contributed by atoms with Crippen LogP contribution in [0.15, 0.2) is 12.3 Å². The average Bonchev–Trinajstić information content (AvgIpc) is 3.01. The van der Waals surface area contributed by atoms with E-state index < -0.39 is 0 Å². The summed E-state index contributed by atoms with van der Waals surface area (Å²) in [4.78, 5) is 14.5. The lowest BCUT2D eigenvalue weighted by atomic mass is 10.0. The maximum absolute atomic E-state index is 12.3. The fourth-order valence-electron chi connectivity index (χ4n) is 3.04. The number of carbonyl (C=O) groups excluding carboxylic acids is 1. The molecule has 0 spiro atoms. The van der Waals surface area contributed by atoms with E-state index in [0.29, 0.717) is 30.2 Å². The summed E-state index contributed by atoms with van der Waals surface area (Å²) in [6.07, 6.45) is 5.26. The number of rotatable bonds is 7. The van der Waals surface area contributed by atoms with Gasteiger partial charge in [0.25, 0.3) is 5.91 Å². The second kappa shape index (κ2) is 11.7. The van der Waals surface area contributed by atoms with Gasteiger partial charge in [0.1, 0.15) is 5.69 Å². The monoisotopic (exact) mass is 393 g/mol. The van der Waals surface area contributed by atoms with Gasteiger partial charge in [-0.25, -0.2) is 0 Å². The van der Waals surface area contributed by atoms with Crippen molar-refractivity contribution in [1.82, 2.24) is 25.3 Å². The molecule has 1 aliphatic heterocycles. The van der Waals surface area contributed by atoms with Crippen LogP contribution in [0.1, 0.15) is 49.6 Å². The van der Waals surface area contributed by atoms with Crippen LogP contribution >= 0.6 is 24.8 Å². The predicted octanol–water partition coefficient (Wildman–Crippen LogP) is 2.36. The third kappa shape index (κ3) is 7.52. The maximum Gasteiger partial charge on any atom is 0.271 e. The van der Waals surface area contributed by atoms with Crippen molar-refractivity contribution in [3.05, 3.63) is 18.0 Å². The number of carbonyl (C=O) groups is 1. The van der Waals surface area contributed by atoms with Gasteiger partial charge in [-0.15, -0.1) is 24.8 Å². The molecule has 0 bridgehead atoms. The molecule has 1 aromatic heterocycles. The Morgan fingerprint density at radius 2 is 2.16 bits per heavy atom. The highest BCUT2D eigenvalue weighted by Gasteiger charge is 2.19. The van der Waals surface area contributed by atoms with Crippen LogP contribution in [0, 0.1) is 5.92 Å². The number of hydrogen-bond donors (Lipinski definition) is 2. The molecule has 2 N–H and O–H groups in total. The van der Waals surface area contributed by atoms with E-state index in [0.717, 1.165) is 32.4 Å². The largest absolute Gasteiger partial charge is 0.349 e. The van der Waals surface area contributed by atoms with E-state index in [1.807, 2.05) is 16.9 Å². The summed E-state index contributed by atoms with van der Waals surface area (Å²) in [7, 11) is 4.12. The second-order valence-electron chi connectivity index (χ2n) is 7.14. The predicted molar refractivity (Wildman–Crippen MR) is 107 cm³/mol. The first-order chi connectivity index (χ1) is 11.0. The first-order valence-electron chi connectivity index (χ1n) is 8.68. The number of aromatic nitrogens is 2. The van der Waals surface area contributed by atoms with Crippen LogP contribution in [0.5, 0.6) is 0 Å². The molecule has 1 amide bonds. The summed E-state index contributed by atoms with van der Waals surface area (Å²) in [5, 5.41) is 10.9. The van der Waals surface area contributed by atoms with Gasteiger partial charge in [0.05, 0.1) is 6.04 Å². The fraction of sp³-hybridized carbons (Fsp3) is 0.765. The summed E-state index contributed by atoms with van der Waals surface area (Å²) >= 11 is 0. The first-order valence-corrected chi connectivity index (χ1v) is 8.68. The summed E-state index contributed by atoms with van der Waals surface area (Å²) in [6, 6.07) is 2.53. The van der Waals surface area contributed by atoms with Crippen molar-refractivity contribution in [3.63, 3.8) is 0 Å². The number of nitrogens with one attached hydrogen (secondary N) is 2. The minimum Gasteiger partial charge on any atom is -0.349 e. The van der Waals surface area contributed by atoms with Crippen LogP contribution in [-0.4, -0.2) is 60.4 Å². The van der Waals surface area contributed by atoms with Crippen LogP contribution in [0.3, 0.4) is 0 Å². The number of halogens is 2. The van der Waals surface area contributed by atoms with Crippen molar-refractivity contribution in [3.8, 4) is 0 Å². The van der Waals surface area contributed by atoms with Crippen LogP contribution < -0.4 is 10.6 Å². The van der Waals surface area contributed by atoms with Crippen molar-refractivity contribution < 1.29 is 4.79 Å². The standard InChI is InChI=1S/C17H31N5O.2ClH/c1-13(2)10-15(21(3)4)12-19-17(23)16-7-9-22(20-16)14-6-5-8-18-11-14;;/h7,9,13-15,18H,5-6,8,10-12H2,1-4H3,(H,19,23);2*1H. The Bertz CT molecular complexity index is 501. The number of nitrogens with zero attached hydrogens (tertiary/aromatic N) is 3. The molecule has 2 heterocycles. The van der Waals surface area contributed by atoms with Gasteiger partial charge >= 0.3 is 0 Å². The van der Waals surface area contributed by atoms with Crippen LogP contribution in [0.2, 0.25) is 0 Å². The van der Waals surface area contributed by atoms with Gasteiger partial charge in [-0.2, -0.15) is 5.10 Å². The zero-order chi connectivity index (χ0) is 16.8. The number of likely N-dealkylation sites (N-methyl/N-ethyl adjacent to an activating group) is 1. The molecule has 0 radical (unpaired) electrons. The van der Waals surface area contributed by atoms with E-state index >= 15 is 0 Å². The quantitative estimate of drug-likeness (QED) is 0.746. The molecular formula is C17H33Cl2N5O. The van der Waals surface area contributed by atoms with E-state index in [1.54, 1.807) is 0 Å². The van der Waals surface area contributed by atoms with Crippen molar-refractivity contribution >= 4 is 30.7 Å². The van der Waals surface area contributed by atoms with Crippen molar-refractivity contribution in [1.29, 1.82) is 0 Å². The normalized spacial score (nSPS) is 18.4. The number of piperidine rings is 1. The van der Waals surface area contributed by atoms with Gasteiger partial charge in [-0.05, 0) is 51.9 Å². The third-order valence-electron chi connectivity index (χ3n) is 4.46. The molecule has 1 aliphatic rings. The van der Waals surface area contributed by atoms with E-state index in [4.69, 9.17) is 0 Å². The average molecular weight is 394 g/mol. The Balaban J connectivity index is 0.00000288. The van der Waals surface area contributed by atoms with E-state index in [9.17, 15) is 4.79 Å². The Labute approximate surface area is 163 Å². The first kappa shape index (κ1) is 24.2. The summed E-state index contributed by atoms with van der Waals surface area (Å²) < 4.78 is 1.93. The van der Waals surface area contributed by atoms with E-state index in [-0.39, 0.29) is 30.7 Å². The second-order valence-corrected chi connectivity index (χ2v) is 7.14. The molecule has 0 aromatic carbocycles. The number of hydrogen-bond acceptors (Lipinski definition) is 4. The molecular weight excluding hydrogens is 361 g/mol. The molecule has 8 heteroatoms. The minimum atomic E-state index is -0.0804. The third-order valence-corrected chi connectivity index (χ3v) is 4.46. The molecule has 1 saturated heterocycles. The van der Waals surface area contributed by atoms with Crippen molar-refractivity contribution in [2.45, 2.75) is 45.2 Å². The molecule has 146 valence electrons. The molecule has 1 fully saturated rings. The van der Waals surface area contributed by atoms with Crippen LogP contribution in [0.25, 0.3) is 0 Å². The Morgan fingerprint density at radius 1 is 1.44 bits per heavy atom. The van der Waals surface area contributed by atoms with Gasteiger partial charge < -0.3 is 15.5 Å². The molecule has 25 heavy (non-hydrogen) atoms. The molecule has 0 aliphatic carbocycles. The molecule has 2 unspecified atom stereocenters. The summed E-state index contributed by atoms with van der Waals surface area (Å²) in [5.74, 6) is 0.528. The zero-order valence-corrected chi connectivity index (χ0v) is 17.3. The van der Waals surface area contributed by atoms with Gasteiger partial charge in [-0.3, -0.25) is 9.48 Å². The molecule has 2 atom stereocenters. The lowest BCUT2D eigenvalue weighted by Crippen LogP contribution is -2.41. The van der Waals surface area contributed by atoms with E-state index in [2.05, 4.69) is 48.6 Å². The lowest BCUT2D eigenvalue weighted by Gasteiger charge is -2.26.